The molecule has 2 rings (SSSR count). The summed E-state index contributed by atoms with van der Waals surface area (Å²) >= 11 is 11.9. The predicted octanol–water partition coefficient (Wildman–Crippen LogP) is 2.37. The van der Waals surface area contributed by atoms with Gasteiger partial charge in [-0.2, -0.15) is 0 Å². The lowest BCUT2D eigenvalue weighted by Crippen LogP contribution is -2.41. The molecule has 1 aromatic carbocycles. The normalized spacial score (nSPS) is 17.1. The Morgan fingerprint density at radius 3 is 2.75 bits per heavy atom. The van der Waals surface area contributed by atoms with Gasteiger partial charge in [0.1, 0.15) is 12.6 Å². The summed E-state index contributed by atoms with van der Waals surface area (Å²) in [6.07, 6.45) is 1.87. The van der Waals surface area contributed by atoms with Crippen LogP contribution in [-0.2, 0) is 16.0 Å². The summed E-state index contributed by atoms with van der Waals surface area (Å²) in [6, 6.07) is 4.12. The van der Waals surface area contributed by atoms with Gasteiger partial charge in [-0.3, -0.25) is 14.5 Å². The highest BCUT2D eigenvalue weighted by Gasteiger charge is 2.38. The first kappa shape index (κ1) is 18.5. The van der Waals surface area contributed by atoms with Crippen LogP contribution in [0, 0.1) is 0 Å². The highest BCUT2D eigenvalue weighted by Crippen LogP contribution is 2.21. The zero-order chi connectivity index (χ0) is 17.7. The number of urea groups is 1. The standard InChI is InChI=1S/C16H19Cl2N3O3/c1-2-3-13-15(23)21(16(24)20-13)9-14(22)19-7-6-10-4-5-11(17)8-12(10)18/h4-5,8,13H,2-3,6-7,9H2,1H3,(H,19,22)(H,20,24). The molecule has 0 aliphatic carbocycles. The molecule has 1 aliphatic heterocycles. The molecular weight excluding hydrogens is 353 g/mol. The number of nitrogens with zero attached hydrogens (tertiary/aromatic N) is 1. The molecule has 2 N–H and O–H groups in total. The third kappa shape index (κ3) is 4.61. The number of benzene rings is 1. The maximum absolute atomic E-state index is 12.0. The molecule has 0 aromatic heterocycles. The Bertz CT molecular complexity index is 651. The van der Waals surface area contributed by atoms with Gasteiger partial charge in [0.2, 0.25) is 5.91 Å². The van der Waals surface area contributed by atoms with Crippen molar-refractivity contribution in [2.75, 3.05) is 13.1 Å². The number of imide groups is 1. The van der Waals surface area contributed by atoms with Crippen LogP contribution in [0.25, 0.3) is 0 Å². The van der Waals surface area contributed by atoms with Crippen molar-refractivity contribution >= 4 is 41.0 Å². The molecule has 0 radical (unpaired) electrons. The van der Waals surface area contributed by atoms with Crippen molar-refractivity contribution in [3.8, 4) is 0 Å². The van der Waals surface area contributed by atoms with Crippen LogP contribution in [0.1, 0.15) is 25.3 Å². The van der Waals surface area contributed by atoms with E-state index < -0.39 is 12.1 Å². The highest BCUT2D eigenvalue weighted by molar-refractivity contribution is 6.35. The van der Waals surface area contributed by atoms with Crippen molar-refractivity contribution in [1.82, 2.24) is 15.5 Å². The van der Waals surface area contributed by atoms with Gasteiger partial charge in [-0.1, -0.05) is 42.6 Å². The minimum Gasteiger partial charge on any atom is -0.354 e. The number of amides is 4. The van der Waals surface area contributed by atoms with Gasteiger partial charge in [0, 0.05) is 16.6 Å². The summed E-state index contributed by atoms with van der Waals surface area (Å²) in [5.41, 5.74) is 0.861. The van der Waals surface area contributed by atoms with Gasteiger partial charge in [0.25, 0.3) is 5.91 Å². The first-order valence-electron chi connectivity index (χ1n) is 7.75. The molecule has 0 spiro atoms. The van der Waals surface area contributed by atoms with Crippen LogP contribution in [-0.4, -0.2) is 41.9 Å². The first-order valence-corrected chi connectivity index (χ1v) is 8.50. The highest BCUT2D eigenvalue weighted by atomic mass is 35.5. The van der Waals surface area contributed by atoms with E-state index >= 15 is 0 Å². The Labute approximate surface area is 150 Å². The fourth-order valence-electron chi connectivity index (χ4n) is 2.47. The summed E-state index contributed by atoms with van der Waals surface area (Å²) in [6.45, 7) is 2.00. The van der Waals surface area contributed by atoms with Crippen LogP contribution in [0.3, 0.4) is 0 Å². The van der Waals surface area contributed by atoms with Crippen molar-refractivity contribution in [2.24, 2.45) is 0 Å². The fraction of sp³-hybridized carbons (Fsp3) is 0.438. The molecule has 0 saturated carbocycles. The van der Waals surface area contributed by atoms with E-state index in [0.29, 0.717) is 29.4 Å². The summed E-state index contributed by atoms with van der Waals surface area (Å²) < 4.78 is 0. The second-order valence-electron chi connectivity index (χ2n) is 5.55. The zero-order valence-corrected chi connectivity index (χ0v) is 14.8. The largest absolute Gasteiger partial charge is 0.354 e. The van der Waals surface area contributed by atoms with Crippen LogP contribution >= 0.6 is 23.2 Å². The smallest absolute Gasteiger partial charge is 0.325 e. The Hall–Kier alpha value is -1.79. The summed E-state index contributed by atoms with van der Waals surface area (Å²) in [5, 5.41) is 6.35. The van der Waals surface area contributed by atoms with E-state index in [1.54, 1.807) is 18.2 Å². The first-order chi connectivity index (χ1) is 11.4. The number of rotatable bonds is 7. The third-order valence-electron chi connectivity index (χ3n) is 3.72. The van der Waals surface area contributed by atoms with E-state index in [9.17, 15) is 14.4 Å². The summed E-state index contributed by atoms with van der Waals surface area (Å²) in [5.74, 6) is -0.738. The zero-order valence-electron chi connectivity index (χ0n) is 13.3. The molecule has 130 valence electrons. The number of hydrogen-bond acceptors (Lipinski definition) is 3. The average Bonchev–Trinajstić information content (AvgIpc) is 2.77. The minimum absolute atomic E-state index is 0.279. The van der Waals surface area contributed by atoms with Gasteiger partial charge in [-0.25, -0.2) is 4.79 Å². The topological polar surface area (TPSA) is 78.5 Å². The molecule has 6 nitrogen and oxygen atoms in total. The molecule has 4 amide bonds. The van der Waals surface area contributed by atoms with Gasteiger partial charge < -0.3 is 10.6 Å². The maximum atomic E-state index is 12.0. The Morgan fingerprint density at radius 2 is 2.08 bits per heavy atom. The SMILES string of the molecule is CCCC1NC(=O)N(CC(=O)NCCc2ccc(Cl)cc2Cl)C1=O. The van der Waals surface area contributed by atoms with Crippen molar-refractivity contribution < 1.29 is 14.4 Å². The number of nitrogens with one attached hydrogen (secondary N) is 2. The fourth-order valence-corrected chi connectivity index (χ4v) is 2.97. The predicted molar refractivity (Wildman–Crippen MR) is 92.1 cm³/mol. The number of carbonyl (C=O) groups excluding carboxylic acids is 3. The van der Waals surface area contributed by atoms with Gasteiger partial charge in [0.05, 0.1) is 0 Å². The van der Waals surface area contributed by atoms with E-state index in [-0.39, 0.29) is 18.4 Å². The molecule has 1 aliphatic rings. The Balaban J connectivity index is 1.81. The number of hydrogen-bond donors (Lipinski definition) is 2. The minimum atomic E-state index is -0.525. The third-order valence-corrected chi connectivity index (χ3v) is 4.30. The van der Waals surface area contributed by atoms with Crippen LogP contribution in [0.5, 0.6) is 0 Å². The second kappa shape index (κ2) is 8.35. The molecule has 1 atom stereocenters. The van der Waals surface area contributed by atoms with Crippen LogP contribution in [0.4, 0.5) is 4.79 Å². The van der Waals surface area contributed by atoms with Gasteiger partial charge in [0.15, 0.2) is 0 Å². The lowest BCUT2D eigenvalue weighted by molar-refractivity contribution is -0.132. The van der Waals surface area contributed by atoms with Crippen molar-refractivity contribution in [3.05, 3.63) is 33.8 Å². The van der Waals surface area contributed by atoms with E-state index in [4.69, 9.17) is 23.2 Å². The molecule has 0 bridgehead atoms. The molecule has 1 heterocycles. The van der Waals surface area contributed by atoms with Gasteiger partial charge in [-0.05, 0) is 30.5 Å². The molecule has 8 heteroatoms. The maximum Gasteiger partial charge on any atom is 0.325 e. The van der Waals surface area contributed by atoms with E-state index in [1.807, 2.05) is 6.92 Å². The van der Waals surface area contributed by atoms with E-state index in [2.05, 4.69) is 10.6 Å². The summed E-state index contributed by atoms with van der Waals surface area (Å²) in [4.78, 5) is 36.7. The lowest BCUT2D eigenvalue weighted by atomic mass is 10.1. The molecule has 24 heavy (non-hydrogen) atoms. The Kier molecular flexibility index (Phi) is 6.45. The molecular formula is C16H19Cl2N3O3. The molecule has 1 unspecified atom stereocenters. The quantitative estimate of drug-likeness (QED) is 0.722. The van der Waals surface area contributed by atoms with Crippen molar-refractivity contribution in [1.29, 1.82) is 0 Å². The van der Waals surface area contributed by atoms with Crippen molar-refractivity contribution in [2.45, 2.75) is 32.2 Å². The van der Waals surface area contributed by atoms with Crippen LogP contribution in [0.15, 0.2) is 18.2 Å². The lowest BCUT2D eigenvalue weighted by Gasteiger charge is -2.13. The Morgan fingerprint density at radius 1 is 1.33 bits per heavy atom. The van der Waals surface area contributed by atoms with Crippen molar-refractivity contribution in [3.63, 3.8) is 0 Å². The number of halogens is 2. The second-order valence-corrected chi connectivity index (χ2v) is 6.39. The molecule has 1 saturated heterocycles. The van der Waals surface area contributed by atoms with E-state index in [1.165, 1.54) is 0 Å². The monoisotopic (exact) mass is 371 g/mol. The van der Waals surface area contributed by atoms with Crippen LogP contribution < -0.4 is 10.6 Å². The van der Waals surface area contributed by atoms with Crippen LogP contribution in [0.2, 0.25) is 10.0 Å². The van der Waals surface area contributed by atoms with E-state index in [0.717, 1.165) is 16.9 Å². The molecule has 1 fully saturated rings. The van der Waals surface area contributed by atoms with Gasteiger partial charge in [-0.15, -0.1) is 0 Å². The molecule has 1 aromatic rings. The average molecular weight is 372 g/mol. The summed E-state index contributed by atoms with van der Waals surface area (Å²) in [7, 11) is 0. The number of carbonyl (C=O) groups is 3. The van der Waals surface area contributed by atoms with Gasteiger partial charge >= 0.3 is 6.03 Å².